The molecule has 1 aliphatic rings. The van der Waals surface area contributed by atoms with Gasteiger partial charge in [-0.3, -0.25) is 14.9 Å². The largest absolute Gasteiger partial charge is 0.491 e. The monoisotopic (exact) mass is 503 g/mol. The first-order valence-electron chi connectivity index (χ1n) is 11.5. The standard InChI is InChI=1S/C25H30ClN3O4S/c1-2-32-14-15-33-20-11-8-17(9-12-20)23(30)29-25(34)28-19-10-13-22(26)21(16-19)24(31)27-18-6-4-3-5-7-18/h8-13,16,18H,2-7,14-15H2,1H3,(H,27,31)(H2,28,29,30,34). The van der Waals surface area contributed by atoms with E-state index in [0.717, 1.165) is 25.7 Å². The maximum Gasteiger partial charge on any atom is 0.257 e. The molecule has 0 spiro atoms. The zero-order valence-electron chi connectivity index (χ0n) is 19.2. The molecule has 0 radical (unpaired) electrons. The van der Waals surface area contributed by atoms with Crippen LogP contribution in [0.4, 0.5) is 5.69 Å². The van der Waals surface area contributed by atoms with Crippen LogP contribution in [0.1, 0.15) is 59.7 Å². The summed E-state index contributed by atoms with van der Waals surface area (Å²) in [4.78, 5) is 25.2. The van der Waals surface area contributed by atoms with Crippen molar-refractivity contribution in [1.82, 2.24) is 10.6 Å². The van der Waals surface area contributed by atoms with Gasteiger partial charge in [-0.1, -0.05) is 30.9 Å². The molecule has 0 unspecified atom stereocenters. The van der Waals surface area contributed by atoms with Crippen LogP contribution in [0.2, 0.25) is 5.02 Å². The molecule has 0 heterocycles. The summed E-state index contributed by atoms with van der Waals surface area (Å²) in [6.07, 6.45) is 5.42. The lowest BCUT2D eigenvalue weighted by Crippen LogP contribution is -2.36. The van der Waals surface area contributed by atoms with Crippen LogP contribution in [0.3, 0.4) is 0 Å². The van der Waals surface area contributed by atoms with E-state index in [1.54, 1.807) is 42.5 Å². The van der Waals surface area contributed by atoms with Crippen LogP contribution in [0.15, 0.2) is 42.5 Å². The van der Waals surface area contributed by atoms with Gasteiger partial charge in [0.2, 0.25) is 0 Å². The highest BCUT2D eigenvalue weighted by Gasteiger charge is 2.19. The number of hydrogen-bond donors (Lipinski definition) is 3. The molecule has 3 rings (SSSR count). The van der Waals surface area contributed by atoms with Crippen LogP contribution in [0.5, 0.6) is 5.75 Å². The lowest BCUT2D eigenvalue weighted by atomic mass is 9.95. The Hall–Kier alpha value is -2.68. The van der Waals surface area contributed by atoms with E-state index in [1.807, 2.05) is 6.92 Å². The highest BCUT2D eigenvalue weighted by Crippen LogP contribution is 2.23. The molecule has 1 saturated carbocycles. The molecule has 182 valence electrons. The zero-order valence-corrected chi connectivity index (χ0v) is 20.8. The van der Waals surface area contributed by atoms with E-state index in [-0.39, 0.29) is 23.0 Å². The fraction of sp³-hybridized carbons (Fsp3) is 0.400. The topological polar surface area (TPSA) is 88.7 Å². The van der Waals surface area contributed by atoms with Gasteiger partial charge in [-0.2, -0.15) is 0 Å². The number of benzene rings is 2. The van der Waals surface area contributed by atoms with Gasteiger partial charge >= 0.3 is 0 Å². The first-order chi connectivity index (χ1) is 16.5. The van der Waals surface area contributed by atoms with Gasteiger partial charge in [-0.05, 0) is 74.4 Å². The third-order valence-corrected chi connectivity index (χ3v) is 5.99. The highest BCUT2D eigenvalue weighted by molar-refractivity contribution is 7.80. The smallest absolute Gasteiger partial charge is 0.257 e. The van der Waals surface area contributed by atoms with E-state index in [0.29, 0.717) is 47.4 Å². The molecule has 2 aromatic carbocycles. The first-order valence-corrected chi connectivity index (χ1v) is 12.3. The summed E-state index contributed by atoms with van der Waals surface area (Å²) in [6.45, 7) is 3.51. The maximum absolute atomic E-state index is 12.7. The van der Waals surface area contributed by atoms with Gasteiger partial charge in [-0.25, -0.2) is 0 Å². The molecule has 0 bridgehead atoms. The molecule has 1 fully saturated rings. The minimum Gasteiger partial charge on any atom is -0.491 e. The molecule has 2 aromatic rings. The van der Waals surface area contributed by atoms with Gasteiger partial charge in [0.15, 0.2) is 5.11 Å². The number of nitrogens with one attached hydrogen (secondary N) is 3. The van der Waals surface area contributed by atoms with E-state index < -0.39 is 0 Å². The van der Waals surface area contributed by atoms with Crippen molar-refractivity contribution in [2.75, 3.05) is 25.1 Å². The Morgan fingerprint density at radius 3 is 2.47 bits per heavy atom. The molecule has 3 N–H and O–H groups in total. The molecule has 2 amide bonds. The number of ether oxygens (including phenoxy) is 2. The summed E-state index contributed by atoms with van der Waals surface area (Å²) in [5.41, 5.74) is 1.36. The van der Waals surface area contributed by atoms with Crippen molar-refractivity contribution in [3.63, 3.8) is 0 Å². The second-order valence-corrected chi connectivity index (χ2v) is 8.80. The number of hydrogen-bond acceptors (Lipinski definition) is 5. The van der Waals surface area contributed by atoms with Crippen molar-refractivity contribution >= 4 is 46.4 Å². The van der Waals surface area contributed by atoms with Crippen LogP contribution in [0, 0.1) is 0 Å². The number of carbonyl (C=O) groups excluding carboxylic acids is 2. The average molecular weight is 504 g/mol. The predicted octanol–water partition coefficient (Wildman–Crippen LogP) is 4.94. The Balaban J connectivity index is 1.53. The van der Waals surface area contributed by atoms with Crippen LogP contribution in [-0.4, -0.2) is 42.8 Å². The van der Waals surface area contributed by atoms with E-state index in [1.165, 1.54) is 6.42 Å². The zero-order chi connectivity index (χ0) is 24.3. The van der Waals surface area contributed by atoms with Crippen molar-refractivity contribution in [2.45, 2.75) is 45.1 Å². The van der Waals surface area contributed by atoms with Crippen molar-refractivity contribution in [3.8, 4) is 5.75 Å². The van der Waals surface area contributed by atoms with Crippen LogP contribution >= 0.6 is 23.8 Å². The fourth-order valence-electron chi connectivity index (χ4n) is 3.69. The van der Waals surface area contributed by atoms with E-state index >= 15 is 0 Å². The Morgan fingerprint density at radius 1 is 1.03 bits per heavy atom. The number of rotatable bonds is 9. The predicted molar refractivity (Wildman–Crippen MR) is 138 cm³/mol. The Kier molecular flexibility index (Phi) is 10.1. The number of thiocarbonyl (C=S) groups is 1. The number of carbonyl (C=O) groups is 2. The second kappa shape index (κ2) is 13.3. The number of amides is 2. The second-order valence-electron chi connectivity index (χ2n) is 7.98. The molecular formula is C25H30ClN3O4S. The summed E-state index contributed by atoms with van der Waals surface area (Å²) in [5, 5.41) is 9.12. The van der Waals surface area contributed by atoms with E-state index in [4.69, 9.17) is 33.3 Å². The molecule has 0 aromatic heterocycles. The quantitative estimate of drug-likeness (QED) is 0.331. The molecule has 0 aliphatic heterocycles. The van der Waals surface area contributed by atoms with E-state index in [9.17, 15) is 9.59 Å². The minimum atomic E-state index is -0.359. The van der Waals surface area contributed by atoms with E-state index in [2.05, 4.69) is 16.0 Å². The summed E-state index contributed by atoms with van der Waals surface area (Å²) in [6, 6.07) is 11.9. The third kappa shape index (κ3) is 7.97. The molecule has 0 saturated heterocycles. The molecular weight excluding hydrogens is 474 g/mol. The number of halogens is 1. The Labute approximate surface area is 210 Å². The normalized spacial score (nSPS) is 13.7. The fourth-order valence-corrected chi connectivity index (χ4v) is 4.10. The summed E-state index contributed by atoms with van der Waals surface area (Å²) in [5.74, 6) is 0.0822. The molecule has 0 atom stereocenters. The summed E-state index contributed by atoms with van der Waals surface area (Å²) < 4.78 is 10.8. The van der Waals surface area contributed by atoms with Crippen molar-refractivity contribution in [1.29, 1.82) is 0 Å². The van der Waals surface area contributed by atoms with Crippen LogP contribution in [0.25, 0.3) is 0 Å². The van der Waals surface area contributed by atoms with Crippen molar-refractivity contribution in [3.05, 3.63) is 58.6 Å². The SMILES string of the molecule is CCOCCOc1ccc(C(=O)NC(=S)Nc2ccc(Cl)c(C(=O)NC3CCCCC3)c2)cc1. The molecule has 1 aliphatic carbocycles. The van der Waals surface area contributed by atoms with Gasteiger partial charge in [0.05, 0.1) is 17.2 Å². The van der Waals surface area contributed by atoms with Crippen molar-refractivity contribution in [2.24, 2.45) is 0 Å². The summed E-state index contributed by atoms with van der Waals surface area (Å²) in [7, 11) is 0. The molecule has 34 heavy (non-hydrogen) atoms. The Morgan fingerprint density at radius 2 is 1.76 bits per heavy atom. The number of anilines is 1. The molecule has 7 nitrogen and oxygen atoms in total. The molecule has 9 heteroatoms. The van der Waals surface area contributed by atoms with Crippen LogP contribution in [-0.2, 0) is 4.74 Å². The lowest BCUT2D eigenvalue weighted by molar-refractivity contribution is 0.0926. The van der Waals surface area contributed by atoms with Gasteiger partial charge < -0.3 is 20.1 Å². The lowest BCUT2D eigenvalue weighted by Gasteiger charge is -2.23. The maximum atomic E-state index is 12.7. The van der Waals surface area contributed by atoms with Gasteiger partial charge in [0.25, 0.3) is 11.8 Å². The first kappa shape index (κ1) is 25.9. The summed E-state index contributed by atoms with van der Waals surface area (Å²) >= 11 is 11.5. The average Bonchev–Trinajstić information content (AvgIpc) is 2.84. The van der Waals surface area contributed by atoms with Gasteiger partial charge in [-0.15, -0.1) is 0 Å². The van der Waals surface area contributed by atoms with Gasteiger partial charge in [0.1, 0.15) is 12.4 Å². The highest BCUT2D eigenvalue weighted by atomic mass is 35.5. The van der Waals surface area contributed by atoms with Gasteiger partial charge in [0, 0.05) is 23.9 Å². The Bertz CT molecular complexity index is 994. The minimum absolute atomic E-state index is 0.114. The van der Waals surface area contributed by atoms with Crippen LogP contribution < -0.4 is 20.7 Å². The van der Waals surface area contributed by atoms with Crippen molar-refractivity contribution < 1.29 is 19.1 Å². The third-order valence-electron chi connectivity index (χ3n) is 5.45.